The van der Waals surface area contributed by atoms with Crippen molar-refractivity contribution in [2.24, 2.45) is 0 Å². The molecule has 0 unspecified atom stereocenters. The van der Waals surface area contributed by atoms with Crippen LogP contribution in [0.4, 0.5) is 34.1 Å². The van der Waals surface area contributed by atoms with E-state index < -0.39 is 0 Å². The monoisotopic (exact) mass is 882 g/mol. The maximum absolute atomic E-state index is 2.49. The highest BCUT2D eigenvalue weighted by atomic mass is 15.1. The lowest BCUT2D eigenvalue weighted by molar-refractivity contribution is 0.661. The Labute approximate surface area is 405 Å². The lowest BCUT2D eigenvalue weighted by Gasteiger charge is -2.31. The van der Waals surface area contributed by atoms with E-state index in [1.54, 1.807) is 0 Å². The van der Waals surface area contributed by atoms with E-state index in [0.29, 0.717) is 0 Å². The first-order valence-corrected chi connectivity index (χ1v) is 23.9. The van der Waals surface area contributed by atoms with Crippen molar-refractivity contribution in [2.75, 3.05) is 9.80 Å². The molecule has 0 atom stereocenters. The molecule has 2 heteroatoms. The second kappa shape index (κ2) is 17.5. The molecule has 0 heterocycles. The van der Waals surface area contributed by atoms with Crippen molar-refractivity contribution in [1.82, 2.24) is 0 Å². The van der Waals surface area contributed by atoms with Crippen LogP contribution in [0.3, 0.4) is 0 Å². The second-order valence-corrected chi connectivity index (χ2v) is 18.6. The van der Waals surface area contributed by atoms with E-state index >= 15 is 0 Å². The molecule has 0 saturated heterocycles. The van der Waals surface area contributed by atoms with Gasteiger partial charge in [-0.3, -0.25) is 0 Å². The zero-order valence-electron chi connectivity index (χ0n) is 38.8. The number of anilines is 6. The molecule has 2 nitrogen and oxygen atoms in total. The summed E-state index contributed by atoms with van der Waals surface area (Å²) in [5.74, 6) is 0. The summed E-state index contributed by atoms with van der Waals surface area (Å²) >= 11 is 0. The third kappa shape index (κ3) is 7.67. The maximum atomic E-state index is 2.49. The Kier molecular flexibility index (Phi) is 10.6. The summed E-state index contributed by atoms with van der Waals surface area (Å²) in [6.45, 7) is 4.82. The second-order valence-electron chi connectivity index (χ2n) is 18.6. The summed E-state index contributed by atoms with van der Waals surface area (Å²) in [4.78, 5) is 4.91. The van der Waals surface area contributed by atoms with Crippen LogP contribution in [-0.4, -0.2) is 0 Å². The van der Waals surface area contributed by atoms with Crippen molar-refractivity contribution in [3.05, 3.63) is 278 Å². The number of rotatable bonds is 10. The number of fused-ring (bicyclic) bond motifs is 5. The van der Waals surface area contributed by atoms with Gasteiger partial charge >= 0.3 is 0 Å². The molecule has 1 aliphatic carbocycles. The van der Waals surface area contributed by atoms with Crippen molar-refractivity contribution in [2.45, 2.75) is 19.3 Å². The first kappa shape index (κ1) is 41.7. The minimum atomic E-state index is -0.341. The minimum absolute atomic E-state index is 0.341. The molecule has 69 heavy (non-hydrogen) atoms. The fourth-order valence-corrected chi connectivity index (χ4v) is 10.6. The van der Waals surface area contributed by atoms with Crippen molar-refractivity contribution in [3.63, 3.8) is 0 Å². The molecule has 0 amide bonds. The molecular formula is C67H50N2. The minimum Gasteiger partial charge on any atom is -0.310 e. The molecule has 328 valence electrons. The first-order chi connectivity index (χ1) is 34.0. The summed E-state index contributed by atoms with van der Waals surface area (Å²) < 4.78 is 0. The normalized spacial score (nSPS) is 12.3. The summed E-state index contributed by atoms with van der Waals surface area (Å²) in [6.07, 6.45) is 0. The van der Waals surface area contributed by atoms with Crippen molar-refractivity contribution in [3.8, 4) is 55.6 Å². The highest BCUT2D eigenvalue weighted by Gasteiger charge is 2.38. The molecule has 11 aromatic rings. The average molecular weight is 883 g/mol. The Morgan fingerprint density at radius 3 is 1.03 bits per heavy atom. The molecule has 0 saturated carbocycles. The van der Waals surface area contributed by atoms with Gasteiger partial charge in [0.15, 0.2) is 0 Å². The lowest BCUT2D eigenvalue weighted by atomic mass is 9.81. The van der Waals surface area contributed by atoms with Crippen LogP contribution in [-0.2, 0) is 5.41 Å². The van der Waals surface area contributed by atoms with Crippen LogP contribution in [0.2, 0.25) is 0 Å². The number of hydrogen-bond acceptors (Lipinski definition) is 2. The molecule has 1 aliphatic rings. The van der Waals surface area contributed by atoms with Crippen molar-refractivity contribution >= 4 is 44.9 Å². The average Bonchev–Trinajstić information content (AvgIpc) is 3.65. The third-order valence-corrected chi connectivity index (χ3v) is 14.0. The van der Waals surface area contributed by atoms with E-state index in [4.69, 9.17) is 0 Å². The van der Waals surface area contributed by atoms with Gasteiger partial charge in [0.25, 0.3) is 0 Å². The fourth-order valence-electron chi connectivity index (χ4n) is 10.6. The standard InChI is InChI=1S/C67H50N2/c1-67(2)63-45-59(68(55-33-17-29-51(41-55)47-21-7-3-8-22-47)56-34-18-30-52(42-56)48-23-9-4-10-24-48)39-40-62(63)66-61-38-16-15-37-60(61)65(46-64(66)67)69(57-35-19-31-53(43-57)49-25-11-5-12-26-49)58-36-20-32-54(44-58)50-27-13-6-14-28-50/h3-46H,1-2H3. The topological polar surface area (TPSA) is 6.48 Å². The van der Waals surface area contributed by atoms with E-state index in [1.807, 2.05) is 0 Å². The summed E-state index contributed by atoms with van der Waals surface area (Å²) in [6, 6.07) is 97.4. The molecule has 0 aromatic heterocycles. The van der Waals surface area contributed by atoms with Crippen LogP contribution in [0.15, 0.2) is 267 Å². The van der Waals surface area contributed by atoms with Gasteiger partial charge in [-0.1, -0.05) is 214 Å². The molecule has 0 fully saturated rings. The Bertz CT molecular complexity index is 3470. The number of nitrogens with zero attached hydrogens (tertiary/aromatic N) is 2. The number of benzene rings is 11. The Morgan fingerprint density at radius 1 is 0.261 bits per heavy atom. The van der Waals surface area contributed by atoms with Crippen LogP contribution < -0.4 is 9.80 Å². The Hall–Kier alpha value is -8.72. The van der Waals surface area contributed by atoms with Gasteiger partial charge in [0.05, 0.1) is 5.69 Å². The van der Waals surface area contributed by atoms with Gasteiger partial charge in [-0.05, 0) is 139 Å². The van der Waals surface area contributed by atoms with Crippen LogP contribution in [0.25, 0.3) is 66.4 Å². The quantitative estimate of drug-likeness (QED) is 0.135. The summed E-state index contributed by atoms with van der Waals surface area (Å²) in [5.41, 5.74) is 21.0. The number of hydrogen-bond donors (Lipinski definition) is 0. The van der Waals surface area contributed by atoms with Gasteiger partial charge < -0.3 is 9.80 Å². The van der Waals surface area contributed by atoms with Crippen LogP contribution >= 0.6 is 0 Å². The predicted molar refractivity (Wildman–Crippen MR) is 293 cm³/mol. The maximum Gasteiger partial charge on any atom is 0.0543 e. The van der Waals surface area contributed by atoms with Crippen molar-refractivity contribution < 1.29 is 0 Å². The zero-order chi connectivity index (χ0) is 46.3. The third-order valence-electron chi connectivity index (χ3n) is 14.0. The Morgan fingerprint density at radius 2 is 0.609 bits per heavy atom. The molecule has 0 aliphatic heterocycles. The van der Waals surface area contributed by atoms with Crippen LogP contribution in [0.5, 0.6) is 0 Å². The van der Waals surface area contributed by atoms with Gasteiger partial charge in [0, 0.05) is 39.2 Å². The molecular weight excluding hydrogens is 833 g/mol. The highest BCUT2D eigenvalue weighted by molar-refractivity contribution is 6.10. The molecule has 0 N–H and O–H groups in total. The van der Waals surface area contributed by atoms with Gasteiger partial charge in [-0.2, -0.15) is 0 Å². The fraction of sp³-hybridized carbons (Fsp3) is 0.0448. The van der Waals surface area contributed by atoms with E-state index in [2.05, 4.69) is 291 Å². The molecule has 12 rings (SSSR count). The summed E-state index contributed by atoms with van der Waals surface area (Å²) in [5, 5.41) is 2.45. The lowest BCUT2D eigenvalue weighted by Crippen LogP contribution is -2.18. The predicted octanol–water partition coefficient (Wildman–Crippen LogP) is 18.8. The molecule has 0 bridgehead atoms. The van der Waals surface area contributed by atoms with E-state index in [9.17, 15) is 0 Å². The molecule has 11 aromatic carbocycles. The molecule has 0 radical (unpaired) electrons. The smallest absolute Gasteiger partial charge is 0.0543 e. The van der Waals surface area contributed by atoms with Crippen molar-refractivity contribution in [1.29, 1.82) is 0 Å². The van der Waals surface area contributed by atoms with Gasteiger partial charge in [0.1, 0.15) is 0 Å². The summed E-state index contributed by atoms with van der Waals surface area (Å²) in [7, 11) is 0. The van der Waals surface area contributed by atoms with E-state index in [1.165, 1.54) is 77.5 Å². The highest BCUT2D eigenvalue weighted by Crippen LogP contribution is 2.56. The first-order valence-electron chi connectivity index (χ1n) is 23.9. The SMILES string of the molecule is CC1(C)c2cc(N(c3cccc(-c4ccccc4)c3)c3cccc(-c4ccccc4)c3)ccc2-c2c1cc(N(c1cccc(-c3ccccc3)c1)c1cccc(-c3ccccc3)c1)c1ccccc21. The van der Waals surface area contributed by atoms with Gasteiger partial charge in [-0.15, -0.1) is 0 Å². The van der Waals surface area contributed by atoms with Gasteiger partial charge in [0.2, 0.25) is 0 Å². The van der Waals surface area contributed by atoms with Crippen LogP contribution in [0, 0.1) is 0 Å². The van der Waals surface area contributed by atoms with Crippen LogP contribution in [0.1, 0.15) is 25.0 Å². The van der Waals surface area contributed by atoms with Gasteiger partial charge in [-0.25, -0.2) is 0 Å². The Balaban J connectivity index is 1.04. The molecule has 0 spiro atoms. The zero-order valence-corrected chi connectivity index (χ0v) is 38.8. The van der Waals surface area contributed by atoms with E-state index in [-0.39, 0.29) is 5.41 Å². The van der Waals surface area contributed by atoms with E-state index in [0.717, 1.165) is 34.1 Å². The largest absolute Gasteiger partial charge is 0.310 e.